The van der Waals surface area contributed by atoms with E-state index in [4.69, 9.17) is 0 Å². The molecule has 0 saturated carbocycles. The summed E-state index contributed by atoms with van der Waals surface area (Å²) in [5.41, 5.74) is 1.02. The number of nitrogens with one attached hydrogen (secondary N) is 2. The van der Waals surface area contributed by atoms with E-state index < -0.39 is 0 Å². The molecule has 7 heteroatoms. The van der Waals surface area contributed by atoms with Crippen LogP contribution < -0.4 is 10.6 Å². The number of fused-ring (bicyclic) bond motifs is 1. The molecule has 6 nitrogen and oxygen atoms in total. The number of imide groups is 1. The molecule has 27 heavy (non-hydrogen) atoms. The minimum atomic E-state index is -0.186. The average Bonchev–Trinajstić information content (AvgIpc) is 3.29. The quantitative estimate of drug-likeness (QED) is 0.317. The number of rotatable bonds is 8. The largest absolute Gasteiger partial charge is 0.356 e. The second-order valence-corrected chi connectivity index (χ2v) is 7.30. The number of hydrogen-bond donors (Lipinski definition) is 2. The van der Waals surface area contributed by atoms with Gasteiger partial charge >= 0.3 is 0 Å². The smallest absolute Gasteiger partial charge is 0.261 e. The van der Waals surface area contributed by atoms with E-state index in [2.05, 4.69) is 33.1 Å². The van der Waals surface area contributed by atoms with E-state index in [1.165, 1.54) is 9.78 Å². The molecule has 2 heterocycles. The fourth-order valence-corrected chi connectivity index (χ4v) is 3.73. The van der Waals surface area contributed by atoms with E-state index in [-0.39, 0.29) is 11.8 Å². The first-order valence-corrected chi connectivity index (χ1v) is 10.0. The predicted octanol–water partition coefficient (Wildman–Crippen LogP) is 2.53. The Morgan fingerprint density at radius 1 is 1.00 bits per heavy atom. The number of aliphatic imine (C=N–C) groups is 1. The predicted molar refractivity (Wildman–Crippen MR) is 108 cm³/mol. The summed E-state index contributed by atoms with van der Waals surface area (Å²) < 4.78 is 0. The molecule has 1 aromatic heterocycles. The third-order valence-corrected chi connectivity index (χ3v) is 5.38. The summed E-state index contributed by atoms with van der Waals surface area (Å²) in [7, 11) is 1.75. The molecule has 0 unspecified atom stereocenters. The highest BCUT2D eigenvalue weighted by atomic mass is 32.1. The molecule has 2 aromatic rings. The average molecular weight is 385 g/mol. The third-order valence-electron chi connectivity index (χ3n) is 4.45. The number of carbonyl (C=O) groups excluding carboxylic acids is 2. The standard InChI is InChI=1S/C20H24N4O2S/c1-21-20(23-12-10-15-7-6-14-27-15)22-11-4-5-13-24-18(25)16-8-2-3-9-17(16)19(24)26/h2-3,6-9,14H,4-5,10-13H2,1H3,(H2,21,22,23). The molecule has 2 N–H and O–H groups in total. The topological polar surface area (TPSA) is 73.8 Å². The lowest BCUT2D eigenvalue weighted by molar-refractivity contribution is 0.0652. The summed E-state index contributed by atoms with van der Waals surface area (Å²) in [6.45, 7) is 2.01. The Morgan fingerprint density at radius 2 is 1.70 bits per heavy atom. The van der Waals surface area contributed by atoms with Crippen LogP contribution in [0.3, 0.4) is 0 Å². The highest BCUT2D eigenvalue weighted by Gasteiger charge is 2.34. The van der Waals surface area contributed by atoms with Gasteiger partial charge in [0, 0.05) is 31.6 Å². The molecule has 1 aliphatic heterocycles. The molecule has 0 fully saturated rings. The lowest BCUT2D eigenvalue weighted by Crippen LogP contribution is -2.39. The minimum Gasteiger partial charge on any atom is -0.356 e. The van der Waals surface area contributed by atoms with Gasteiger partial charge < -0.3 is 10.6 Å². The van der Waals surface area contributed by atoms with Gasteiger partial charge in [-0.05, 0) is 42.8 Å². The van der Waals surface area contributed by atoms with Crippen LogP contribution in [0.25, 0.3) is 0 Å². The van der Waals surface area contributed by atoms with Crippen molar-refractivity contribution in [3.8, 4) is 0 Å². The fourth-order valence-electron chi connectivity index (χ4n) is 3.02. The Bertz CT molecular complexity index is 782. The maximum absolute atomic E-state index is 12.3. The highest BCUT2D eigenvalue weighted by molar-refractivity contribution is 7.09. The van der Waals surface area contributed by atoms with Crippen LogP contribution >= 0.6 is 11.3 Å². The van der Waals surface area contributed by atoms with Crippen molar-refractivity contribution in [2.24, 2.45) is 4.99 Å². The lowest BCUT2D eigenvalue weighted by Gasteiger charge is -2.14. The van der Waals surface area contributed by atoms with Gasteiger partial charge in [0.15, 0.2) is 5.96 Å². The number of hydrogen-bond acceptors (Lipinski definition) is 4. The van der Waals surface area contributed by atoms with E-state index in [1.54, 1.807) is 42.6 Å². The van der Waals surface area contributed by atoms with Crippen LogP contribution in [0.2, 0.25) is 0 Å². The summed E-state index contributed by atoms with van der Waals surface area (Å²) in [6, 6.07) is 11.2. The first-order chi connectivity index (χ1) is 13.2. The molecular weight excluding hydrogens is 360 g/mol. The van der Waals surface area contributed by atoms with Crippen LogP contribution in [-0.2, 0) is 6.42 Å². The maximum atomic E-state index is 12.3. The van der Waals surface area contributed by atoms with Gasteiger partial charge in [-0.15, -0.1) is 11.3 Å². The zero-order valence-corrected chi connectivity index (χ0v) is 16.2. The Balaban J connectivity index is 1.34. The number of carbonyl (C=O) groups is 2. The molecule has 0 aliphatic carbocycles. The van der Waals surface area contributed by atoms with Gasteiger partial charge in [0.1, 0.15) is 0 Å². The molecule has 0 radical (unpaired) electrons. The lowest BCUT2D eigenvalue weighted by atomic mass is 10.1. The van der Waals surface area contributed by atoms with Crippen LogP contribution in [0.5, 0.6) is 0 Å². The first kappa shape index (κ1) is 19.1. The summed E-state index contributed by atoms with van der Waals surface area (Å²) in [5, 5.41) is 8.64. The number of thiophene rings is 1. The van der Waals surface area contributed by atoms with Gasteiger partial charge in [-0.25, -0.2) is 0 Å². The van der Waals surface area contributed by atoms with Crippen molar-refractivity contribution in [1.29, 1.82) is 0 Å². The fraction of sp³-hybridized carbons (Fsp3) is 0.350. The number of benzene rings is 1. The van der Waals surface area contributed by atoms with E-state index in [9.17, 15) is 9.59 Å². The van der Waals surface area contributed by atoms with Crippen molar-refractivity contribution in [1.82, 2.24) is 15.5 Å². The molecule has 1 aliphatic rings. The van der Waals surface area contributed by atoms with E-state index in [1.807, 2.05) is 0 Å². The monoisotopic (exact) mass is 384 g/mol. The van der Waals surface area contributed by atoms with Gasteiger partial charge in [0.05, 0.1) is 11.1 Å². The van der Waals surface area contributed by atoms with Crippen molar-refractivity contribution in [2.75, 3.05) is 26.7 Å². The van der Waals surface area contributed by atoms with Gasteiger partial charge in [0.25, 0.3) is 11.8 Å². The zero-order chi connectivity index (χ0) is 19.1. The zero-order valence-electron chi connectivity index (χ0n) is 15.4. The van der Waals surface area contributed by atoms with Crippen LogP contribution in [0, 0.1) is 0 Å². The number of unbranched alkanes of at least 4 members (excludes halogenated alkanes) is 1. The van der Waals surface area contributed by atoms with Crippen molar-refractivity contribution in [3.63, 3.8) is 0 Å². The van der Waals surface area contributed by atoms with Gasteiger partial charge in [0.2, 0.25) is 0 Å². The van der Waals surface area contributed by atoms with Crippen LogP contribution in [0.4, 0.5) is 0 Å². The molecule has 0 spiro atoms. The van der Waals surface area contributed by atoms with Crippen molar-refractivity contribution >= 4 is 29.1 Å². The Kier molecular flexibility index (Phi) is 6.59. The Morgan fingerprint density at radius 3 is 2.33 bits per heavy atom. The Labute approximate surface area is 163 Å². The first-order valence-electron chi connectivity index (χ1n) is 9.13. The van der Waals surface area contributed by atoms with Gasteiger partial charge in [-0.1, -0.05) is 18.2 Å². The van der Waals surface area contributed by atoms with E-state index >= 15 is 0 Å². The second kappa shape index (κ2) is 9.32. The van der Waals surface area contributed by atoms with Crippen LogP contribution in [0.1, 0.15) is 38.4 Å². The van der Waals surface area contributed by atoms with Crippen molar-refractivity contribution < 1.29 is 9.59 Å². The SMILES string of the molecule is CN=C(NCCCCN1C(=O)c2ccccc2C1=O)NCCc1cccs1. The summed E-state index contributed by atoms with van der Waals surface area (Å²) >= 11 is 1.75. The molecule has 0 bridgehead atoms. The minimum absolute atomic E-state index is 0.186. The van der Waals surface area contributed by atoms with Crippen molar-refractivity contribution in [3.05, 3.63) is 57.8 Å². The maximum Gasteiger partial charge on any atom is 0.261 e. The molecular formula is C20H24N4O2S. The van der Waals surface area contributed by atoms with Gasteiger partial charge in [-0.3, -0.25) is 19.5 Å². The van der Waals surface area contributed by atoms with Gasteiger partial charge in [-0.2, -0.15) is 0 Å². The Hall–Kier alpha value is -2.67. The highest BCUT2D eigenvalue weighted by Crippen LogP contribution is 2.22. The van der Waals surface area contributed by atoms with Crippen molar-refractivity contribution in [2.45, 2.75) is 19.3 Å². The number of nitrogens with zero attached hydrogens (tertiary/aromatic N) is 2. The molecule has 3 rings (SSSR count). The third kappa shape index (κ3) is 4.74. The van der Waals surface area contributed by atoms with E-state index in [0.29, 0.717) is 17.7 Å². The summed E-state index contributed by atoms with van der Waals surface area (Å²) in [5.74, 6) is 0.400. The number of amides is 2. The second-order valence-electron chi connectivity index (χ2n) is 6.27. The molecule has 142 valence electrons. The molecule has 1 aromatic carbocycles. The normalized spacial score (nSPS) is 13.8. The molecule has 0 atom stereocenters. The molecule has 0 saturated heterocycles. The van der Waals surface area contributed by atoms with Crippen LogP contribution in [-0.4, -0.2) is 49.4 Å². The molecule has 2 amide bonds. The van der Waals surface area contributed by atoms with E-state index in [0.717, 1.165) is 38.3 Å². The summed E-state index contributed by atoms with van der Waals surface area (Å²) in [4.78, 5) is 31.5. The number of guanidine groups is 1. The van der Waals surface area contributed by atoms with Crippen LogP contribution in [0.15, 0.2) is 46.8 Å². The summed E-state index contributed by atoms with van der Waals surface area (Å²) in [6.07, 6.45) is 2.57.